The van der Waals surface area contributed by atoms with E-state index in [1.165, 1.54) is 12.1 Å². The highest BCUT2D eigenvalue weighted by molar-refractivity contribution is 5.79. The van der Waals surface area contributed by atoms with E-state index in [-0.39, 0.29) is 17.9 Å². The maximum atomic E-state index is 13.7. The van der Waals surface area contributed by atoms with Crippen LogP contribution in [0.15, 0.2) is 47.5 Å². The van der Waals surface area contributed by atoms with Gasteiger partial charge in [0.15, 0.2) is 5.96 Å². The van der Waals surface area contributed by atoms with Crippen LogP contribution in [0.3, 0.4) is 0 Å². The number of aliphatic imine (C=N–C) groups is 1. The molecule has 2 aromatic carbocycles. The predicted octanol–water partition coefficient (Wildman–Crippen LogP) is 3.06. The van der Waals surface area contributed by atoms with E-state index in [1.807, 2.05) is 13.0 Å². The summed E-state index contributed by atoms with van der Waals surface area (Å²) in [6.45, 7) is 4.65. The van der Waals surface area contributed by atoms with Gasteiger partial charge in [0, 0.05) is 18.7 Å². The van der Waals surface area contributed by atoms with E-state index in [0.29, 0.717) is 24.6 Å². The first-order valence-corrected chi connectivity index (χ1v) is 8.21. The zero-order valence-electron chi connectivity index (χ0n) is 14.4. The van der Waals surface area contributed by atoms with Crippen molar-refractivity contribution in [2.45, 2.75) is 26.5 Å². The van der Waals surface area contributed by atoms with Crippen LogP contribution in [-0.2, 0) is 6.54 Å². The van der Waals surface area contributed by atoms with Crippen molar-refractivity contribution >= 4 is 5.96 Å². The molecule has 0 aliphatic heterocycles. The number of aliphatic hydroxyl groups excluding tert-OH is 1. The number of guanidine groups is 1. The maximum Gasteiger partial charge on any atom is 0.191 e. The molecule has 0 heterocycles. The average molecular weight is 347 g/mol. The fourth-order valence-corrected chi connectivity index (χ4v) is 2.30. The SMILES string of the molecule is CCNC(=NCc1ccc(C)c(F)c1)NCC(O)c1ccccc1F. The molecule has 0 bridgehead atoms. The van der Waals surface area contributed by atoms with Crippen molar-refractivity contribution in [3.8, 4) is 0 Å². The Labute approximate surface area is 146 Å². The minimum absolute atomic E-state index is 0.106. The van der Waals surface area contributed by atoms with Gasteiger partial charge in [0.25, 0.3) is 0 Å². The largest absolute Gasteiger partial charge is 0.386 e. The highest BCUT2D eigenvalue weighted by Gasteiger charge is 2.12. The van der Waals surface area contributed by atoms with Gasteiger partial charge in [-0.2, -0.15) is 0 Å². The number of hydrogen-bond donors (Lipinski definition) is 3. The van der Waals surface area contributed by atoms with Crippen LogP contribution in [-0.4, -0.2) is 24.2 Å². The molecule has 0 amide bonds. The molecule has 3 N–H and O–H groups in total. The molecular formula is C19H23F2N3O. The van der Waals surface area contributed by atoms with E-state index in [2.05, 4.69) is 15.6 Å². The topological polar surface area (TPSA) is 56.7 Å². The Kier molecular flexibility index (Phi) is 6.89. The van der Waals surface area contributed by atoms with Crippen molar-refractivity contribution in [1.82, 2.24) is 10.6 Å². The zero-order valence-corrected chi connectivity index (χ0v) is 14.4. The van der Waals surface area contributed by atoms with Crippen LogP contribution in [0.5, 0.6) is 0 Å². The summed E-state index contributed by atoms with van der Waals surface area (Å²) in [4.78, 5) is 4.37. The summed E-state index contributed by atoms with van der Waals surface area (Å²) in [5, 5.41) is 16.1. The summed E-state index contributed by atoms with van der Waals surface area (Å²) < 4.78 is 27.3. The van der Waals surface area contributed by atoms with Crippen LogP contribution in [0.2, 0.25) is 0 Å². The summed E-state index contributed by atoms with van der Waals surface area (Å²) in [7, 11) is 0. The third-order valence-corrected chi connectivity index (χ3v) is 3.73. The minimum Gasteiger partial charge on any atom is -0.386 e. The second kappa shape index (κ2) is 9.13. The Hall–Kier alpha value is -2.47. The van der Waals surface area contributed by atoms with E-state index in [9.17, 15) is 13.9 Å². The van der Waals surface area contributed by atoms with Gasteiger partial charge in [0.2, 0.25) is 0 Å². The molecule has 2 rings (SSSR count). The predicted molar refractivity (Wildman–Crippen MR) is 95.3 cm³/mol. The lowest BCUT2D eigenvalue weighted by Gasteiger charge is -2.16. The van der Waals surface area contributed by atoms with Gasteiger partial charge in [-0.15, -0.1) is 0 Å². The molecule has 1 atom stereocenters. The van der Waals surface area contributed by atoms with Gasteiger partial charge in [0.1, 0.15) is 11.6 Å². The van der Waals surface area contributed by atoms with Gasteiger partial charge in [-0.1, -0.05) is 30.3 Å². The Morgan fingerprint density at radius 3 is 2.56 bits per heavy atom. The van der Waals surface area contributed by atoms with E-state index in [4.69, 9.17) is 0 Å². The summed E-state index contributed by atoms with van der Waals surface area (Å²) in [5.41, 5.74) is 1.56. The molecule has 134 valence electrons. The molecule has 4 nitrogen and oxygen atoms in total. The van der Waals surface area contributed by atoms with Crippen molar-refractivity contribution in [2.75, 3.05) is 13.1 Å². The van der Waals surface area contributed by atoms with Gasteiger partial charge in [-0.05, 0) is 37.1 Å². The molecule has 0 spiro atoms. The summed E-state index contributed by atoms with van der Waals surface area (Å²) in [5.74, 6) is -0.242. The molecule has 0 aromatic heterocycles. The number of nitrogens with one attached hydrogen (secondary N) is 2. The average Bonchev–Trinajstić information content (AvgIpc) is 2.60. The van der Waals surface area contributed by atoms with Gasteiger partial charge in [0.05, 0.1) is 12.6 Å². The number of hydrogen-bond acceptors (Lipinski definition) is 2. The molecule has 0 fully saturated rings. The Morgan fingerprint density at radius 2 is 1.88 bits per heavy atom. The Balaban J connectivity index is 1.99. The monoisotopic (exact) mass is 347 g/mol. The van der Waals surface area contributed by atoms with Gasteiger partial charge in [-0.25, -0.2) is 13.8 Å². The molecule has 0 saturated heterocycles. The van der Waals surface area contributed by atoms with E-state index in [0.717, 1.165) is 5.56 Å². The zero-order chi connectivity index (χ0) is 18.2. The molecule has 25 heavy (non-hydrogen) atoms. The standard InChI is InChI=1S/C19H23F2N3O/c1-3-22-19(23-11-14-9-8-13(2)17(21)10-14)24-12-18(25)15-6-4-5-7-16(15)20/h4-10,18,25H,3,11-12H2,1-2H3,(H2,22,23,24). The van der Waals surface area contributed by atoms with Crippen LogP contribution in [0.25, 0.3) is 0 Å². The third kappa shape index (κ3) is 5.53. The molecule has 0 saturated carbocycles. The molecule has 6 heteroatoms. The summed E-state index contributed by atoms with van der Waals surface area (Å²) in [6, 6.07) is 11.1. The van der Waals surface area contributed by atoms with Crippen LogP contribution < -0.4 is 10.6 Å². The first-order valence-electron chi connectivity index (χ1n) is 8.21. The van der Waals surface area contributed by atoms with Crippen LogP contribution in [0.1, 0.15) is 29.7 Å². The molecule has 0 aliphatic rings. The summed E-state index contributed by atoms with van der Waals surface area (Å²) >= 11 is 0. The Bertz CT molecular complexity index is 734. The smallest absolute Gasteiger partial charge is 0.191 e. The molecule has 1 unspecified atom stereocenters. The van der Waals surface area contributed by atoms with Gasteiger partial charge < -0.3 is 15.7 Å². The van der Waals surface area contributed by atoms with E-state index < -0.39 is 11.9 Å². The van der Waals surface area contributed by atoms with E-state index in [1.54, 1.807) is 31.2 Å². The van der Waals surface area contributed by atoms with Crippen LogP contribution >= 0.6 is 0 Å². The summed E-state index contributed by atoms with van der Waals surface area (Å²) in [6.07, 6.45) is -0.998. The van der Waals surface area contributed by atoms with Crippen molar-refractivity contribution in [2.24, 2.45) is 4.99 Å². The van der Waals surface area contributed by atoms with Crippen molar-refractivity contribution < 1.29 is 13.9 Å². The first-order chi connectivity index (χ1) is 12.0. The second-order valence-corrected chi connectivity index (χ2v) is 5.70. The lowest BCUT2D eigenvalue weighted by molar-refractivity contribution is 0.176. The third-order valence-electron chi connectivity index (χ3n) is 3.73. The fourth-order valence-electron chi connectivity index (χ4n) is 2.30. The number of aliphatic hydroxyl groups is 1. The quantitative estimate of drug-likeness (QED) is 0.556. The maximum absolute atomic E-state index is 13.7. The Morgan fingerprint density at radius 1 is 1.12 bits per heavy atom. The van der Waals surface area contributed by atoms with E-state index >= 15 is 0 Å². The van der Waals surface area contributed by atoms with Crippen LogP contribution in [0, 0.1) is 18.6 Å². The normalized spacial score (nSPS) is 12.8. The first kappa shape index (κ1) is 18.9. The highest BCUT2D eigenvalue weighted by atomic mass is 19.1. The lowest BCUT2D eigenvalue weighted by atomic mass is 10.1. The number of nitrogens with zero attached hydrogens (tertiary/aromatic N) is 1. The number of benzene rings is 2. The molecular weight excluding hydrogens is 324 g/mol. The van der Waals surface area contributed by atoms with Crippen molar-refractivity contribution in [3.05, 3.63) is 70.8 Å². The number of rotatable bonds is 6. The number of halogens is 2. The lowest BCUT2D eigenvalue weighted by Crippen LogP contribution is -2.39. The van der Waals surface area contributed by atoms with Crippen molar-refractivity contribution in [3.63, 3.8) is 0 Å². The minimum atomic E-state index is -0.998. The van der Waals surface area contributed by atoms with Gasteiger partial charge in [-0.3, -0.25) is 0 Å². The van der Waals surface area contributed by atoms with Crippen LogP contribution in [0.4, 0.5) is 8.78 Å². The number of aryl methyl sites for hydroxylation is 1. The molecule has 0 radical (unpaired) electrons. The van der Waals surface area contributed by atoms with Gasteiger partial charge >= 0.3 is 0 Å². The fraction of sp³-hybridized carbons (Fsp3) is 0.316. The highest BCUT2D eigenvalue weighted by Crippen LogP contribution is 2.15. The molecule has 0 aliphatic carbocycles. The molecule has 2 aromatic rings. The van der Waals surface area contributed by atoms with Crippen molar-refractivity contribution in [1.29, 1.82) is 0 Å². The second-order valence-electron chi connectivity index (χ2n) is 5.70.